The van der Waals surface area contributed by atoms with Gasteiger partial charge in [0.1, 0.15) is 18.1 Å². The second kappa shape index (κ2) is 14.8. The molecule has 0 radical (unpaired) electrons. The van der Waals surface area contributed by atoms with Crippen molar-refractivity contribution < 1.29 is 29.1 Å². The summed E-state index contributed by atoms with van der Waals surface area (Å²) in [4.78, 5) is 66.3. The molecule has 0 spiro atoms. The Morgan fingerprint density at radius 3 is 2.05 bits per heavy atom. The number of carboxylic acid groups (broad SMARTS) is 1. The number of rotatable bonds is 15. The molecule has 0 aliphatic heterocycles. The van der Waals surface area contributed by atoms with Crippen molar-refractivity contribution in [2.45, 2.75) is 63.7 Å². The van der Waals surface area contributed by atoms with E-state index in [0.717, 1.165) is 10.9 Å². The minimum absolute atomic E-state index is 0.00146. The Morgan fingerprint density at radius 2 is 1.40 bits per heavy atom. The Labute approximate surface area is 243 Å². The molecule has 4 unspecified atom stereocenters. The van der Waals surface area contributed by atoms with Crippen LogP contribution in [-0.2, 0) is 36.8 Å². The molecule has 1 heterocycles. The van der Waals surface area contributed by atoms with Crippen LogP contribution in [0.4, 0.5) is 0 Å². The molecule has 224 valence electrons. The minimum atomic E-state index is -1.29. The molecule has 12 heteroatoms. The lowest BCUT2D eigenvalue weighted by Crippen LogP contribution is -2.58. The Morgan fingerprint density at radius 1 is 0.810 bits per heavy atom. The first-order valence-electron chi connectivity index (χ1n) is 13.7. The van der Waals surface area contributed by atoms with E-state index in [9.17, 15) is 29.1 Å². The Kier molecular flexibility index (Phi) is 11.2. The van der Waals surface area contributed by atoms with E-state index in [-0.39, 0.29) is 31.6 Å². The first-order valence-corrected chi connectivity index (χ1v) is 13.7. The van der Waals surface area contributed by atoms with Crippen LogP contribution in [-0.4, -0.2) is 63.9 Å². The van der Waals surface area contributed by atoms with Crippen molar-refractivity contribution >= 4 is 40.5 Å². The van der Waals surface area contributed by atoms with Gasteiger partial charge in [0, 0.05) is 36.4 Å². The summed E-state index contributed by atoms with van der Waals surface area (Å²) < 4.78 is 0. The Balaban J connectivity index is 1.82. The number of nitrogens with one attached hydrogen (secondary N) is 4. The fourth-order valence-corrected chi connectivity index (χ4v) is 4.45. The second-order valence-corrected chi connectivity index (χ2v) is 10.5. The number of amides is 4. The highest BCUT2D eigenvalue weighted by Crippen LogP contribution is 2.19. The number of carbonyl (C=O) groups is 5. The Bertz CT molecular complexity index is 1410. The number of benzene rings is 2. The molecule has 4 amide bonds. The van der Waals surface area contributed by atoms with Gasteiger partial charge in [0.2, 0.25) is 23.6 Å². The summed E-state index contributed by atoms with van der Waals surface area (Å²) in [6.07, 6.45) is 1.43. The maximum absolute atomic E-state index is 13.5. The summed E-state index contributed by atoms with van der Waals surface area (Å²) in [5.41, 5.74) is 13.5. The topological polar surface area (TPSA) is 209 Å². The summed E-state index contributed by atoms with van der Waals surface area (Å²) in [7, 11) is 0. The van der Waals surface area contributed by atoms with Crippen LogP contribution in [0.2, 0.25) is 0 Å². The zero-order chi connectivity index (χ0) is 30.8. The standard InChI is InChI=1S/C30H38N6O6/c1-17(2)26(32)29(40)34-22(12-13-25(31)37)27(38)35-23(14-18-8-4-3-5-9-18)28(39)36-24(30(41)42)15-19-16-33-21-11-7-6-10-20(19)21/h3-11,16-17,22-24,26,33H,12-15,32H2,1-2H3,(H2,31,37)(H,34,40)(H,35,38)(H,36,39)(H,41,42). The van der Waals surface area contributed by atoms with Crippen molar-refractivity contribution in [1.29, 1.82) is 0 Å². The van der Waals surface area contributed by atoms with Crippen LogP contribution >= 0.6 is 0 Å². The summed E-state index contributed by atoms with van der Waals surface area (Å²) in [5, 5.41) is 18.5. The predicted molar refractivity (Wildman–Crippen MR) is 157 cm³/mol. The van der Waals surface area contributed by atoms with Gasteiger partial charge in [-0.15, -0.1) is 0 Å². The zero-order valence-corrected chi connectivity index (χ0v) is 23.6. The minimum Gasteiger partial charge on any atom is -0.480 e. The quantitative estimate of drug-likeness (QED) is 0.137. The third kappa shape index (κ3) is 8.90. The molecule has 12 nitrogen and oxygen atoms in total. The van der Waals surface area contributed by atoms with Gasteiger partial charge in [-0.05, 0) is 29.5 Å². The highest BCUT2D eigenvalue weighted by molar-refractivity contribution is 5.95. The average molecular weight is 579 g/mol. The molecular weight excluding hydrogens is 540 g/mol. The molecule has 2 aromatic carbocycles. The number of hydrogen-bond donors (Lipinski definition) is 7. The van der Waals surface area contributed by atoms with E-state index in [2.05, 4.69) is 20.9 Å². The van der Waals surface area contributed by atoms with E-state index < -0.39 is 53.8 Å². The predicted octanol–water partition coefficient (Wildman–Crippen LogP) is 0.741. The van der Waals surface area contributed by atoms with Crippen molar-refractivity contribution in [2.75, 3.05) is 0 Å². The smallest absolute Gasteiger partial charge is 0.326 e. The number of nitrogens with two attached hydrogens (primary N) is 2. The summed E-state index contributed by atoms with van der Waals surface area (Å²) in [5.74, 6) is -4.18. The molecule has 9 N–H and O–H groups in total. The van der Waals surface area contributed by atoms with Gasteiger partial charge in [-0.2, -0.15) is 0 Å². The van der Waals surface area contributed by atoms with Crippen LogP contribution < -0.4 is 27.4 Å². The van der Waals surface area contributed by atoms with E-state index >= 15 is 0 Å². The van der Waals surface area contributed by atoms with E-state index in [1.165, 1.54) is 0 Å². The van der Waals surface area contributed by atoms with Gasteiger partial charge in [0.05, 0.1) is 6.04 Å². The van der Waals surface area contributed by atoms with Crippen LogP contribution in [0.5, 0.6) is 0 Å². The van der Waals surface area contributed by atoms with Crippen LogP contribution in [0.25, 0.3) is 10.9 Å². The van der Waals surface area contributed by atoms with Gasteiger partial charge < -0.3 is 37.5 Å². The molecule has 3 aromatic rings. The molecular formula is C30H38N6O6. The maximum atomic E-state index is 13.5. The molecule has 3 rings (SSSR count). The first kappa shape index (κ1) is 31.8. The Hall–Kier alpha value is -4.71. The van der Waals surface area contributed by atoms with E-state index in [1.54, 1.807) is 50.4 Å². The number of aliphatic carboxylic acids is 1. The maximum Gasteiger partial charge on any atom is 0.326 e. The van der Waals surface area contributed by atoms with Crippen molar-refractivity contribution in [3.63, 3.8) is 0 Å². The fraction of sp³-hybridized carbons (Fsp3) is 0.367. The van der Waals surface area contributed by atoms with Crippen LogP contribution in [0.1, 0.15) is 37.8 Å². The van der Waals surface area contributed by atoms with Gasteiger partial charge in [-0.3, -0.25) is 19.2 Å². The molecule has 4 atom stereocenters. The molecule has 42 heavy (non-hydrogen) atoms. The number of primary amides is 1. The molecule has 1 aromatic heterocycles. The lowest BCUT2D eigenvalue weighted by molar-refractivity contribution is -0.142. The first-order chi connectivity index (χ1) is 20.0. The molecule has 0 saturated carbocycles. The largest absolute Gasteiger partial charge is 0.480 e. The number of hydrogen-bond acceptors (Lipinski definition) is 6. The third-order valence-corrected chi connectivity index (χ3v) is 6.96. The van der Waals surface area contributed by atoms with E-state index in [4.69, 9.17) is 11.5 Å². The van der Waals surface area contributed by atoms with Crippen LogP contribution in [0, 0.1) is 5.92 Å². The average Bonchev–Trinajstić information content (AvgIpc) is 3.36. The molecule has 0 bridgehead atoms. The fourth-order valence-electron chi connectivity index (χ4n) is 4.45. The number of para-hydroxylation sites is 1. The number of carbonyl (C=O) groups excluding carboxylic acids is 4. The highest BCUT2D eigenvalue weighted by atomic mass is 16.4. The van der Waals surface area contributed by atoms with Crippen LogP contribution in [0.3, 0.4) is 0 Å². The summed E-state index contributed by atoms with van der Waals surface area (Å²) >= 11 is 0. The number of aromatic amines is 1. The monoisotopic (exact) mass is 578 g/mol. The van der Waals surface area contributed by atoms with Gasteiger partial charge in [0.15, 0.2) is 0 Å². The molecule has 0 saturated heterocycles. The van der Waals surface area contributed by atoms with Crippen LogP contribution in [0.15, 0.2) is 60.8 Å². The van der Waals surface area contributed by atoms with Gasteiger partial charge in [-0.25, -0.2) is 4.79 Å². The number of carboxylic acids is 1. The zero-order valence-electron chi connectivity index (χ0n) is 23.6. The SMILES string of the molecule is CC(C)C(N)C(=O)NC(CCC(N)=O)C(=O)NC(Cc1ccccc1)C(=O)NC(Cc1c[nH]c2ccccc12)C(=O)O. The lowest BCUT2D eigenvalue weighted by Gasteiger charge is -2.26. The van der Waals surface area contributed by atoms with Gasteiger partial charge >= 0.3 is 5.97 Å². The number of H-pyrrole nitrogens is 1. The lowest BCUT2D eigenvalue weighted by atomic mass is 10.0. The summed E-state index contributed by atoms with van der Waals surface area (Å²) in [6, 6.07) is 11.7. The van der Waals surface area contributed by atoms with Crippen molar-refractivity contribution in [1.82, 2.24) is 20.9 Å². The number of fused-ring (bicyclic) bond motifs is 1. The second-order valence-electron chi connectivity index (χ2n) is 10.5. The highest BCUT2D eigenvalue weighted by Gasteiger charge is 2.31. The van der Waals surface area contributed by atoms with Gasteiger partial charge in [-0.1, -0.05) is 62.4 Å². The number of aromatic nitrogens is 1. The van der Waals surface area contributed by atoms with E-state index in [0.29, 0.717) is 11.1 Å². The van der Waals surface area contributed by atoms with Crippen molar-refractivity contribution in [2.24, 2.45) is 17.4 Å². The molecule has 0 aliphatic carbocycles. The van der Waals surface area contributed by atoms with Crippen molar-refractivity contribution in [3.8, 4) is 0 Å². The molecule has 0 aliphatic rings. The normalized spacial score (nSPS) is 14.0. The van der Waals surface area contributed by atoms with E-state index in [1.807, 2.05) is 24.3 Å². The molecule has 0 fully saturated rings. The third-order valence-electron chi connectivity index (χ3n) is 6.96. The summed E-state index contributed by atoms with van der Waals surface area (Å²) in [6.45, 7) is 3.50. The van der Waals surface area contributed by atoms with Crippen molar-refractivity contribution in [3.05, 3.63) is 71.9 Å². The van der Waals surface area contributed by atoms with Gasteiger partial charge in [0.25, 0.3) is 0 Å².